The summed E-state index contributed by atoms with van der Waals surface area (Å²) in [4.78, 5) is 42.3. The molecule has 3 saturated heterocycles. The minimum atomic E-state index is -0.718. The second-order valence-electron chi connectivity index (χ2n) is 9.17. The van der Waals surface area contributed by atoms with E-state index in [4.69, 9.17) is 0 Å². The summed E-state index contributed by atoms with van der Waals surface area (Å²) in [5.74, 6) is -1.75. The molecular weight excluding hydrogens is 494 g/mol. The van der Waals surface area contributed by atoms with Crippen LogP contribution in [0, 0.1) is 11.8 Å². The van der Waals surface area contributed by atoms with Crippen molar-refractivity contribution in [3.8, 4) is 0 Å². The number of nitrogens with zero attached hydrogens (tertiary/aromatic N) is 1. The number of fused-ring (bicyclic) bond motifs is 1. The van der Waals surface area contributed by atoms with Crippen molar-refractivity contribution in [3.05, 3.63) is 30.3 Å². The largest absolute Gasteiger partial charge is 0.394 e. The van der Waals surface area contributed by atoms with Gasteiger partial charge in [0.25, 0.3) is 0 Å². The van der Waals surface area contributed by atoms with Gasteiger partial charge in [-0.05, 0) is 38.8 Å². The van der Waals surface area contributed by atoms with Crippen molar-refractivity contribution >= 4 is 51.1 Å². The molecule has 1 aromatic carbocycles. The van der Waals surface area contributed by atoms with E-state index in [0.717, 1.165) is 0 Å². The summed E-state index contributed by atoms with van der Waals surface area (Å²) in [6.07, 6.45) is 1.16. The van der Waals surface area contributed by atoms with Crippen LogP contribution >= 0.6 is 27.7 Å². The van der Waals surface area contributed by atoms with Crippen LogP contribution in [0.4, 0.5) is 5.69 Å². The number of rotatable bonds is 7. The number of aliphatic hydroxyl groups is 1. The van der Waals surface area contributed by atoms with Gasteiger partial charge in [-0.2, -0.15) is 0 Å². The molecule has 7 nitrogen and oxygen atoms in total. The second kappa shape index (κ2) is 8.99. The maximum absolute atomic E-state index is 13.8. The molecule has 3 aliphatic rings. The van der Waals surface area contributed by atoms with Gasteiger partial charge in [0.2, 0.25) is 17.7 Å². The zero-order chi connectivity index (χ0) is 23.2. The Bertz CT molecular complexity index is 896. The first-order chi connectivity index (χ1) is 15.2. The minimum absolute atomic E-state index is 0.0200. The van der Waals surface area contributed by atoms with Crippen LogP contribution in [0.25, 0.3) is 0 Å². The number of halogens is 1. The molecule has 3 aliphatic heterocycles. The number of amides is 3. The standard InChI is InChI=1S/C23H30BrN3O4S/c1-4-14(11-28)27-19(21(30)25-12(2)3)23-10-15(24)18(32-23)16(17(23)22(27)31)20(29)26-13-8-6-5-7-9-13/h5-9,12,14-19,28H,4,10-11H2,1-3H3,(H,25,30)(H,26,29)/t14-,15?,16-,17-,18-,19?,23?/m0/s1. The third-order valence-electron chi connectivity index (χ3n) is 6.83. The summed E-state index contributed by atoms with van der Waals surface area (Å²) in [5.41, 5.74) is 0.684. The highest BCUT2D eigenvalue weighted by atomic mass is 79.9. The average molecular weight is 524 g/mol. The molecule has 32 heavy (non-hydrogen) atoms. The van der Waals surface area contributed by atoms with Crippen LogP contribution in [0.3, 0.4) is 0 Å². The van der Waals surface area contributed by atoms with Crippen LogP contribution < -0.4 is 10.6 Å². The maximum atomic E-state index is 13.8. The summed E-state index contributed by atoms with van der Waals surface area (Å²) < 4.78 is -0.698. The van der Waals surface area contributed by atoms with Crippen molar-refractivity contribution < 1.29 is 19.5 Å². The lowest BCUT2D eigenvalue weighted by molar-refractivity contribution is -0.142. The summed E-state index contributed by atoms with van der Waals surface area (Å²) in [7, 11) is 0. The number of para-hydroxylation sites is 1. The Morgan fingerprint density at radius 2 is 1.97 bits per heavy atom. The molecule has 1 spiro atoms. The Balaban J connectivity index is 1.74. The SMILES string of the molecule is CC[C@@H](CO)N1C(=O)[C@@H]2[C@H](C(=O)Nc3ccccc3)[C@H]3SC2(CC3Br)C1C(=O)NC(C)C. The molecule has 0 saturated carbocycles. The van der Waals surface area contributed by atoms with Crippen molar-refractivity contribution in [2.24, 2.45) is 11.8 Å². The number of likely N-dealkylation sites (tertiary alicyclic amines) is 1. The number of thioether (sulfide) groups is 1. The molecule has 3 unspecified atom stereocenters. The summed E-state index contributed by atoms with van der Waals surface area (Å²) in [5, 5.41) is 15.9. The van der Waals surface area contributed by atoms with E-state index in [1.54, 1.807) is 16.7 Å². The van der Waals surface area contributed by atoms with Gasteiger partial charge in [-0.15, -0.1) is 11.8 Å². The Kier molecular flexibility index (Phi) is 6.62. The van der Waals surface area contributed by atoms with Crippen LogP contribution in [0.15, 0.2) is 30.3 Å². The molecular formula is C23H30BrN3O4S. The van der Waals surface area contributed by atoms with Crippen LogP contribution in [0.2, 0.25) is 0 Å². The number of benzene rings is 1. The highest BCUT2D eigenvalue weighted by Gasteiger charge is 2.76. The molecule has 9 heteroatoms. The van der Waals surface area contributed by atoms with Crippen LogP contribution in [-0.4, -0.2) is 67.3 Å². The topological polar surface area (TPSA) is 98.7 Å². The fourth-order valence-electron chi connectivity index (χ4n) is 5.58. The molecule has 4 rings (SSSR count). The van der Waals surface area contributed by atoms with Crippen LogP contribution in [0.5, 0.6) is 0 Å². The lowest BCUT2D eigenvalue weighted by atomic mass is 9.70. The van der Waals surface area contributed by atoms with Crippen molar-refractivity contribution in [1.29, 1.82) is 0 Å². The summed E-state index contributed by atoms with van der Waals surface area (Å²) >= 11 is 5.35. The molecule has 0 aromatic heterocycles. The molecule has 174 valence electrons. The molecule has 1 aromatic rings. The van der Waals surface area contributed by atoms with Crippen molar-refractivity contribution in [2.75, 3.05) is 11.9 Å². The Morgan fingerprint density at radius 3 is 2.56 bits per heavy atom. The van der Waals surface area contributed by atoms with Crippen molar-refractivity contribution in [1.82, 2.24) is 10.2 Å². The number of hydrogen-bond acceptors (Lipinski definition) is 5. The van der Waals surface area contributed by atoms with Gasteiger partial charge in [-0.3, -0.25) is 14.4 Å². The molecule has 3 heterocycles. The van der Waals surface area contributed by atoms with Gasteiger partial charge >= 0.3 is 0 Å². The van der Waals surface area contributed by atoms with Crippen molar-refractivity contribution in [3.63, 3.8) is 0 Å². The maximum Gasteiger partial charge on any atom is 0.244 e. The van der Waals surface area contributed by atoms with E-state index in [-0.39, 0.29) is 40.4 Å². The lowest BCUT2D eigenvalue weighted by Crippen LogP contribution is -2.57. The van der Waals surface area contributed by atoms with Gasteiger partial charge < -0.3 is 20.6 Å². The van der Waals surface area contributed by atoms with E-state index < -0.39 is 28.7 Å². The average Bonchev–Trinajstić information content (AvgIpc) is 3.33. The smallest absolute Gasteiger partial charge is 0.244 e. The van der Waals surface area contributed by atoms with E-state index in [2.05, 4.69) is 26.6 Å². The van der Waals surface area contributed by atoms with Gasteiger partial charge in [0.05, 0.1) is 29.2 Å². The number of hydrogen-bond donors (Lipinski definition) is 3. The van der Waals surface area contributed by atoms with Crippen molar-refractivity contribution in [2.45, 2.75) is 66.6 Å². The minimum Gasteiger partial charge on any atom is -0.394 e. The number of anilines is 1. The zero-order valence-electron chi connectivity index (χ0n) is 18.5. The van der Waals surface area contributed by atoms with Gasteiger partial charge in [0.15, 0.2) is 0 Å². The highest BCUT2D eigenvalue weighted by Crippen LogP contribution is 2.68. The number of carbonyl (C=O) groups excluding carboxylic acids is 3. The van der Waals surface area contributed by atoms with E-state index in [9.17, 15) is 19.5 Å². The molecule has 2 bridgehead atoms. The Morgan fingerprint density at radius 1 is 1.28 bits per heavy atom. The molecule has 7 atom stereocenters. The summed E-state index contributed by atoms with van der Waals surface area (Å²) in [6.45, 7) is 5.46. The first-order valence-corrected chi connectivity index (χ1v) is 13.0. The van der Waals surface area contributed by atoms with E-state index >= 15 is 0 Å². The Hall–Kier alpha value is -1.58. The normalized spacial score (nSPS) is 34.0. The highest BCUT2D eigenvalue weighted by molar-refractivity contribution is 9.09. The third-order valence-corrected chi connectivity index (χ3v) is 10.0. The molecule has 3 N–H and O–H groups in total. The van der Waals surface area contributed by atoms with Crippen LogP contribution in [0.1, 0.15) is 33.6 Å². The van der Waals surface area contributed by atoms with Gasteiger partial charge in [-0.1, -0.05) is 41.1 Å². The number of carbonyl (C=O) groups is 3. The monoisotopic (exact) mass is 523 g/mol. The molecule has 0 radical (unpaired) electrons. The van der Waals surface area contributed by atoms with E-state index in [1.165, 1.54) is 0 Å². The zero-order valence-corrected chi connectivity index (χ0v) is 20.9. The number of alkyl halides is 1. The van der Waals surface area contributed by atoms with Gasteiger partial charge in [0.1, 0.15) is 6.04 Å². The fourth-order valence-corrected chi connectivity index (χ4v) is 9.18. The summed E-state index contributed by atoms with van der Waals surface area (Å²) in [6, 6.07) is 7.96. The molecule has 0 aliphatic carbocycles. The number of nitrogens with one attached hydrogen (secondary N) is 2. The third kappa shape index (κ3) is 3.66. The first-order valence-electron chi connectivity index (χ1n) is 11.2. The van der Waals surface area contributed by atoms with E-state index in [0.29, 0.717) is 18.5 Å². The fraction of sp³-hybridized carbons (Fsp3) is 0.609. The van der Waals surface area contributed by atoms with E-state index in [1.807, 2.05) is 51.1 Å². The number of aliphatic hydroxyl groups excluding tert-OH is 1. The quantitative estimate of drug-likeness (QED) is 0.476. The molecule has 3 fully saturated rings. The van der Waals surface area contributed by atoms with Gasteiger partial charge in [0, 0.05) is 21.8 Å². The molecule has 3 amide bonds. The second-order valence-corrected chi connectivity index (χ2v) is 11.9. The first kappa shape index (κ1) is 23.6. The lowest BCUT2D eigenvalue weighted by Gasteiger charge is -2.37. The Labute approximate surface area is 201 Å². The predicted molar refractivity (Wildman–Crippen MR) is 129 cm³/mol. The van der Waals surface area contributed by atoms with Crippen LogP contribution in [-0.2, 0) is 14.4 Å². The van der Waals surface area contributed by atoms with Gasteiger partial charge in [-0.25, -0.2) is 0 Å². The predicted octanol–water partition coefficient (Wildman–Crippen LogP) is 2.39.